The molecule has 84 valence electrons. The van der Waals surface area contributed by atoms with Gasteiger partial charge in [0.2, 0.25) is 0 Å². The molecule has 0 saturated heterocycles. The third-order valence-electron chi connectivity index (χ3n) is 2.74. The molecule has 0 spiro atoms. The van der Waals surface area contributed by atoms with Crippen molar-refractivity contribution in [2.24, 2.45) is 5.73 Å². The highest BCUT2D eigenvalue weighted by atomic mass is 15.3. The topological polar surface area (TPSA) is 43.8 Å². The number of aromatic nitrogens is 2. The van der Waals surface area contributed by atoms with E-state index >= 15 is 0 Å². The number of nitrogens with zero attached hydrogens (tertiary/aromatic N) is 2. The first-order valence-corrected chi connectivity index (χ1v) is 5.52. The van der Waals surface area contributed by atoms with Crippen LogP contribution in [0.1, 0.15) is 11.3 Å². The molecule has 0 fully saturated rings. The molecule has 0 aliphatic carbocycles. The highest BCUT2D eigenvalue weighted by Gasteiger charge is 2.08. The van der Waals surface area contributed by atoms with E-state index in [4.69, 9.17) is 5.73 Å². The van der Waals surface area contributed by atoms with E-state index in [-0.39, 0.29) is 0 Å². The van der Waals surface area contributed by atoms with Crippen molar-refractivity contribution in [1.29, 1.82) is 0 Å². The lowest BCUT2D eigenvalue weighted by atomic mass is 10.0. The molecule has 3 heteroatoms. The third kappa shape index (κ3) is 1.99. The fourth-order valence-electron chi connectivity index (χ4n) is 1.90. The van der Waals surface area contributed by atoms with Gasteiger partial charge in [0.25, 0.3) is 0 Å². The lowest BCUT2D eigenvalue weighted by Crippen LogP contribution is -2.10. The first-order valence-electron chi connectivity index (χ1n) is 5.52. The Kier molecular flexibility index (Phi) is 3.06. The lowest BCUT2D eigenvalue weighted by Gasteiger charge is -2.02. The van der Waals surface area contributed by atoms with Gasteiger partial charge in [-0.25, -0.2) is 0 Å². The third-order valence-corrected chi connectivity index (χ3v) is 2.74. The van der Waals surface area contributed by atoms with E-state index in [1.807, 2.05) is 11.6 Å². The van der Waals surface area contributed by atoms with Gasteiger partial charge in [-0.05, 0) is 25.0 Å². The Bertz CT molecular complexity index is 486. The van der Waals surface area contributed by atoms with E-state index in [1.165, 1.54) is 16.7 Å². The smallest absolute Gasteiger partial charge is 0.0672 e. The van der Waals surface area contributed by atoms with Gasteiger partial charge in [-0.2, -0.15) is 5.10 Å². The van der Waals surface area contributed by atoms with Gasteiger partial charge < -0.3 is 5.73 Å². The van der Waals surface area contributed by atoms with Crippen molar-refractivity contribution in [3.8, 4) is 11.1 Å². The van der Waals surface area contributed by atoms with E-state index in [2.05, 4.69) is 42.5 Å². The summed E-state index contributed by atoms with van der Waals surface area (Å²) in [6.07, 6.45) is 2.07. The second kappa shape index (κ2) is 4.49. The molecule has 2 rings (SSSR count). The van der Waals surface area contributed by atoms with Gasteiger partial charge in [0.05, 0.1) is 12.2 Å². The Morgan fingerprint density at radius 1 is 1.19 bits per heavy atom. The normalized spacial score (nSPS) is 10.7. The van der Waals surface area contributed by atoms with E-state index in [0.717, 1.165) is 12.2 Å². The van der Waals surface area contributed by atoms with Crippen LogP contribution in [0, 0.1) is 13.8 Å². The van der Waals surface area contributed by atoms with Crippen molar-refractivity contribution in [3.63, 3.8) is 0 Å². The summed E-state index contributed by atoms with van der Waals surface area (Å²) in [6.45, 7) is 5.55. The van der Waals surface area contributed by atoms with Crippen LogP contribution >= 0.6 is 0 Å². The molecule has 0 bridgehead atoms. The molecule has 1 aromatic heterocycles. The zero-order chi connectivity index (χ0) is 11.5. The van der Waals surface area contributed by atoms with Crippen LogP contribution in [0.4, 0.5) is 0 Å². The van der Waals surface area contributed by atoms with Gasteiger partial charge in [0.1, 0.15) is 0 Å². The summed E-state index contributed by atoms with van der Waals surface area (Å²) in [7, 11) is 0. The standard InChI is InChI=1S/C13H17N3/c1-10-5-3-4-6-12(10)13-9-16(8-7-14)15-11(13)2/h3-6,9H,7-8,14H2,1-2H3. The number of benzene rings is 1. The lowest BCUT2D eigenvalue weighted by molar-refractivity contribution is 0.620. The molecule has 2 aromatic rings. The van der Waals surface area contributed by atoms with Crippen molar-refractivity contribution < 1.29 is 0 Å². The molecule has 1 aromatic carbocycles. The molecule has 16 heavy (non-hydrogen) atoms. The first-order chi connectivity index (χ1) is 7.72. The number of aryl methyl sites for hydroxylation is 2. The minimum absolute atomic E-state index is 0.619. The van der Waals surface area contributed by atoms with Gasteiger partial charge in [0.15, 0.2) is 0 Å². The van der Waals surface area contributed by atoms with E-state index in [0.29, 0.717) is 6.54 Å². The Balaban J connectivity index is 2.44. The fourth-order valence-corrected chi connectivity index (χ4v) is 1.90. The van der Waals surface area contributed by atoms with Crippen LogP contribution in [0.5, 0.6) is 0 Å². The second-order valence-corrected chi connectivity index (χ2v) is 3.99. The number of hydrogen-bond donors (Lipinski definition) is 1. The number of rotatable bonds is 3. The number of hydrogen-bond acceptors (Lipinski definition) is 2. The largest absolute Gasteiger partial charge is 0.329 e. The molecule has 0 aliphatic rings. The van der Waals surface area contributed by atoms with Crippen LogP contribution in [0.15, 0.2) is 30.5 Å². The summed E-state index contributed by atoms with van der Waals surface area (Å²) < 4.78 is 1.91. The van der Waals surface area contributed by atoms with Crippen LogP contribution in [0.2, 0.25) is 0 Å². The fraction of sp³-hybridized carbons (Fsp3) is 0.308. The molecule has 0 unspecified atom stereocenters. The molecular weight excluding hydrogens is 198 g/mol. The zero-order valence-corrected chi connectivity index (χ0v) is 9.77. The summed E-state index contributed by atoms with van der Waals surface area (Å²) >= 11 is 0. The predicted molar refractivity (Wildman–Crippen MR) is 66.2 cm³/mol. The Labute approximate surface area is 95.9 Å². The van der Waals surface area contributed by atoms with Crippen LogP contribution in [-0.2, 0) is 6.54 Å². The maximum Gasteiger partial charge on any atom is 0.0672 e. The van der Waals surface area contributed by atoms with Crippen molar-refractivity contribution in [2.75, 3.05) is 6.54 Å². The van der Waals surface area contributed by atoms with Crippen molar-refractivity contribution in [2.45, 2.75) is 20.4 Å². The molecule has 0 amide bonds. The molecule has 0 radical (unpaired) electrons. The Morgan fingerprint density at radius 3 is 2.62 bits per heavy atom. The summed E-state index contributed by atoms with van der Waals surface area (Å²) in [5.41, 5.74) is 10.3. The maximum atomic E-state index is 5.53. The van der Waals surface area contributed by atoms with Gasteiger partial charge in [-0.1, -0.05) is 24.3 Å². The average molecular weight is 215 g/mol. The second-order valence-electron chi connectivity index (χ2n) is 3.99. The molecule has 1 heterocycles. The maximum absolute atomic E-state index is 5.53. The van der Waals surface area contributed by atoms with Crippen molar-refractivity contribution in [3.05, 3.63) is 41.7 Å². The highest BCUT2D eigenvalue weighted by molar-refractivity contribution is 5.68. The minimum Gasteiger partial charge on any atom is -0.329 e. The molecule has 0 saturated carbocycles. The van der Waals surface area contributed by atoms with Gasteiger partial charge in [-0.15, -0.1) is 0 Å². The van der Waals surface area contributed by atoms with Crippen LogP contribution in [0.3, 0.4) is 0 Å². The predicted octanol–water partition coefficient (Wildman–Crippen LogP) is 2.13. The average Bonchev–Trinajstić information content (AvgIpc) is 2.61. The van der Waals surface area contributed by atoms with E-state index < -0.39 is 0 Å². The van der Waals surface area contributed by atoms with Crippen LogP contribution < -0.4 is 5.73 Å². The summed E-state index contributed by atoms with van der Waals surface area (Å²) in [5, 5.41) is 4.45. The van der Waals surface area contributed by atoms with E-state index in [1.54, 1.807) is 0 Å². The highest BCUT2D eigenvalue weighted by Crippen LogP contribution is 2.25. The summed E-state index contributed by atoms with van der Waals surface area (Å²) in [6, 6.07) is 8.36. The number of nitrogens with two attached hydrogens (primary N) is 1. The van der Waals surface area contributed by atoms with Gasteiger partial charge >= 0.3 is 0 Å². The molecule has 3 nitrogen and oxygen atoms in total. The van der Waals surface area contributed by atoms with Crippen LogP contribution in [0.25, 0.3) is 11.1 Å². The minimum atomic E-state index is 0.619. The first kappa shape index (κ1) is 10.9. The van der Waals surface area contributed by atoms with Crippen LogP contribution in [-0.4, -0.2) is 16.3 Å². The SMILES string of the molecule is Cc1ccccc1-c1cn(CCN)nc1C. The zero-order valence-electron chi connectivity index (χ0n) is 9.77. The monoisotopic (exact) mass is 215 g/mol. The summed E-state index contributed by atoms with van der Waals surface area (Å²) in [5.74, 6) is 0. The van der Waals surface area contributed by atoms with E-state index in [9.17, 15) is 0 Å². The summed E-state index contributed by atoms with van der Waals surface area (Å²) in [4.78, 5) is 0. The van der Waals surface area contributed by atoms with Gasteiger partial charge in [0, 0.05) is 18.3 Å². The molecule has 2 N–H and O–H groups in total. The van der Waals surface area contributed by atoms with Crippen molar-refractivity contribution >= 4 is 0 Å². The molecule has 0 atom stereocenters. The van der Waals surface area contributed by atoms with Gasteiger partial charge in [-0.3, -0.25) is 4.68 Å². The quantitative estimate of drug-likeness (QED) is 0.852. The Hall–Kier alpha value is -1.61. The Morgan fingerprint density at radius 2 is 1.94 bits per heavy atom. The van der Waals surface area contributed by atoms with Crippen molar-refractivity contribution in [1.82, 2.24) is 9.78 Å². The molecular formula is C13H17N3. The molecule has 0 aliphatic heterocycles.